The van der Waals surface area contributed by atoms with Crippen molar-refractivity contribution in [1.82, 2.24) is 0 Å². The van der Waals surface area contributed by atoms with Gasteiger partial charge in [0.15, 0.2) is 0 Å². The lowest BCUT2D eigenvalue weighted by molar-refractivity contribution is -0.170. The lowest BCUT2D eigenvalue weighted by atomic mass is 9.89. The van der Waals surface area contributed by atoms with Gasteiger partial charge in [0.2, 0.25) is 0 Å². The van der Waals surface area contributed by atoms with Gasteiger partial charge >= 0.3 is 11.9 Å². The maximum absolute atomic E-state index is 13.1. The quantitative estimate of drug-likeness (QED) is 0.190. The molecule has 1 aliphatic carbocycles. The molecule has 1 fully saturated rings. The minimum absolute atomic E-state index is 0. The van der Waals surface area contributed by atoms with E-state index in [1.165, 1.54) is 12.8 Å². The predicted octanol–water partition coefficient (Wildman–Crippen LogP) is 10.3. The van der Waals surface area contributed by atoms with Gasteiger partial charge in [0, 0.05) is 6.42 Å². The molecule has 0 saturated heterocycles. The van der Waals surface area contributed by atoms with E-state index in [-0.39, 0.29) is 46.7 Å². The molecule has 0 atom stereocenters. The van der Waals surface area contributed by atoms with Crippen molar-refractivity contribution in [1.29, 1.82) is 0 Å². The Morgan fingerprint density at radius 1 is 0.757 bits per heavy atom. The van der Waals surface area contributed by atoms with Crippen molar-refractivity contribution in [3.05, 3.63) is 0 Å². The molecular weight excluding hydrogens is 488 g/mol. The van der Waals surface area contributed by atoms with E-state index in [1.807, 2.05) is 20.8 Å². The van der Waals surface area contributed by atoms with E-state index in [0.29, 0.717) is 13.3 Å². The van der Waals surface area contributed by atoms with Crippen LogP contribution in [0.5, 0.6) is 0 Å². The van der Waals surface area contributed by atoms with Gasteiger partial charge in [-0.1, -0.05) is 50.5 Å². The molecule has 0 amide bonds. The second kappa shape index (κ2) is 18.0. The van der Waals surface area contributed by atoms with Crippen LogP contribution in [-0.4, -0.2) is 36.0 Å². The molecule has 0 radical (unpaired) electrons. The summed E-state index contributed by atoms with van der Waals surface area (Å²) in [5, 5.41) is 0. The van der Waals surface area contributed by atoms with Crippen LogP contribution in [0, 0.1) is 10.8 Å². The third kappa shape index (κ3) is 17.0. The van der Waals surface area contributed by atoms with Gasteiger partial charge in [0.05, 0.1) is 23.9 Å². The summed E-state index contributed by atoms with van der Waals surface area (Å²) in [5.74, 6) is -7.58. The highest BCUT2D eigenvalue weighted by Crippen LogP contribution is 2.38. The fraction of sp³-hybridized carbons (Fsp3) is 0.931. The summed E-state index contributed by atoms with van der Waals surface area (Å²) in [6, 6.07) is 0. The Kier molecular flexibility index (Phi) is 22.2. The van der Waals surface area contributed by atoms with Gasteiger partial charge in [-0.25, -0.2) is 17.6 Å². The minimum atomic E-state index is -3.53. The molecule has 0 heterocycles. The number of hydrogen-bond acceptors (Lipinski definition) is 4. The molecule has 37 heavy (non-hydrogen) atoms. The first-order chi connectivity index (χ1) is 14.9. The van der Waals surface area contributed by atoms with Crippen LogP contribution in [0.25, 0.3) is 0 Å². The van der Waals surface area contributed by atoms with E-state index < -0.39 is 42.7 Å². The summed E-state index contributed by atoms with van der Waals surface area (Å²) in [6.45, 7) is 13.0. The third-order valence-corrected chi connectivity index (χ3v) is 6.61. The van der Waals surface area contributed by atoms with Crippen molar-refractivity contribution < 1.29 is 36.6 Å². The maximum atomic E-state index is 13.1. The number of halogens is 4. The Bertz CT molecular complexity index is 620. The van der Waals surface area contributed by atoms with E-state index in [4.69, 9.17) is 4.74 Å². The Morgan fingerprint density at radius 3 is 1.51 bits per heavy atom. The van der Waals surface area contributed by atoms with Crippen LogP contribution in [0.3, 0.4) is 0 Å². The standard InChI is InChI=1S/C13H24O2.C12H20F4O2.4CH4/c1-5-12(3,4)11(14)15-13(6-2)9-7-8-10-13;1-5-10(2,3)9(17)18-7-6-12(15,16)8-11(4,13)14;;;;/h5-10H2,1-4H3;5-8H2,1-4H3;4*1H4. The van der Waals surface area contributed by atoms with E-state index in [9.17, 15) is 27.2 Å². The van der Waals surface area contributed by atoms with Crippen LogP contribution in [-0.2, 0) is 19.1 Å². The Morgan fingerprint density at radius 2 is 1.16 bits per heavy atom. The minimum Gasteiger partial charge on any atom is -0.465 e. The van der Waals surface area contributed by atoms with Gasteiger partial charge in [-0.3, -0.25) is 9.59 Å². The first-order valence-corrected chi connectivity index (χ1v) is 12.0. The Labute approximate surface area is 226 Å². The molecule has 0 aromatic carbocycles. The largest absolute Gasteiger partial charge is 0.465 e. The average Bonchev–Trinajstić information content (AvgIpc) is 3.15. The van der Waals surface area contributed by atoms with Crippen molar-refractivity contribution in [3.8, 4) is 0 Å². The summed E-state index contributed by atoms with van der Waals surface area (Å²) >= 11 is 0. The van der Waals surface area contributed by atoms with Crippen molar-refractivity contribution in [2.24, 2.45) is 10.8 Å². The number of alkyl halides is 4. The number of hydrogen-bond donors (Lipinski definition) is 0. The average molecular weight is 549 g/mol. The summed E-state index contributed by atoms with van der Waals surface area (Å²) < 4.78 is 61.5. The third-order valence-electron chi connectivity index (χ3n) is 6.61. The van der Waals surface area contributed by atoms with E-state index in [1.54, 1.807) is 20.8 Å². The molecule has 0 spiro atoms. The van der Waals surface area contributed by atoms with Gasteiger partial charge in [-0.05, 0) is 79.6 Å². The van der Waals surface area contributed by atoms with Crippen molar-refractivity contribution in [2.45, 2.75) is 160 Å². The summed E-state index contributed by atoms with van der Waals surface area (Å²) in [5.41, 5.74) is -1.21. The molecule has 1 aliphatic rings. The van der Waals surface area contributed by atoms with Crippen LogP contribution in [0.1, 0.15) is 143 Å². The van der Waals surface area contributed by atoms with Crippen LogP contribution in [0.4, 0.5) is 17.6 Å². The predicted molar refractivity (Wildman–Crippen MR) is 148 cm³/mol. The van der Waals surface area contributed by atoms with Gasteiger partial charge < -0.3 is 9.47 Å². The molecule has 8 heteroatoms. The van der Waals surface area contributed by atoms with Crippen molar-refractivity contribution in [3.63, 3.8) is 0 Å². The van der Waals surface area contributed by atoms with E-state index >= 15 is 0 Å². The van der Waals surface area contributed by atoms with Crippen LogP contribution >= 0.6 is 0 Å². The van der Waals surface area contributed by atoms with Gasteiger partial charge in [-0.15, -0.1) is 0 Å². The number of rotatable bonds is 11. The fourth-order valence-corrected chi connectivity index (χ4v) is 3.20. The van der Waals surface area contributed by atoms with Gasteiger partial charge in [0.25, 0.3) is 11.8 Å². The first kappa shape index (κ1) is 45.6. The van der Waals surface area contributed by atoms with Gasteiger partial charge in [0.1, 0.15) is 5.60 Å². The second-order valence-corrected chi connectivity index (χ2v) is 10.6. The zero-order valence-corrected chi connectivity index (χ0v) is 21.7. The normalized spacial score (nSPS) is 14.8. The molecular formula is C29H60F4O4. The molecule has 1 rings (SSSR count). The molecule has 0 bridgehead atoms. The summed E-state index contributed by atoms with van der Waals surface area (Å²) in [6.07, 6.45) is 4.39. The Balaban J connectivity index is -0.000000168. The van der Waals surface area contributed by atoms with E-state index in [2.05, 4.69) is 11.7 Å². The lowest BCUT2D eigenvalue weighted by Crippen LogP contribution is -2.37. The van der Waals surface area contributed by atoms with Crippen LogP contribution < -0.4 is 0 Å². The van der Waals surface area contributed by atoms with Crippen LogP contribution in [0.2, 0.25) is 0 Å². The monoisotopic (exact) mass is 548 g/mol. The molecule has 1 saturated carbocycles. The Hall–Kier alpha value is -1.34. The fourth-order valence-electron chi connectivity index (χ4n) is 3.20. The number of carbonyl (C=O) groups excluding carboxylic acids is 2. The van der Waals surface area contributed by atoms with Gasteiger partial charge in [-0.2, -0.15) is 0 Å². The second-order valence-electron chi connectivity index (χ2n) is 10.6. The van der Waals surface area contributed by atoms with Crippen LogP contribution in [0.15, 0.2) is 0 Å². The van der Waals surface area contributed by atoms with Crippen molar-refractivity contribution >= 4 is 11.9 Å². The molecule has 0 aromatic heterocycles. The smallest absolute Gasteiger partial charge is 0.312 e. The summed E-state index contributed by atoms with van der Waals surface area (Å²) in [7, 11) is 0. The van der Waals surface area contributed by atoms with Crippen molar-refractivity contribution in [2.75, 3.05) is 6.61 Å². The number of ether oxygens (including phenoxy) is 2. The molecule has 0 N–H and O–H groups in total. The zero-order valence-electron chi connectivity index (χ0n) is 21.7. The maximum Gasteiger partial charge on any atom is 0.312 e. The van der Waals surface area contributed by atoms with E-state index in [0.717, 1.165) is 25.7 Å². The highest BCUT2D eigenvalue weighted by atomic mass is 19.3. The number of carbonyl (C=O) groups is 2. The highest BCUT2D eigenvalue weighted by Gasteiger charge is 2.41. The molecule has 0 aliphatic heterocycles. The molecule has 0 unspecified atom stereocenters. The first-order valence-electron chi connectivity index (χ1n) is 12.0. The molecule has 228 valence electrons. The topological polar surface area (TPSA) is 52.6 Å². The highest BCUT2D eigenvalue weighted by molar-refractivity contribution is 5.76. The summed E-state index contributed by atoms with van der Waals surface area (Å²) in [4.78, 5) is 23.4. The molecule has 0 aromatic rings. The lowest BCUT2D eigenvalue weighted by Gasteiger charge is -2.32. The number of esters is 2. The SMILES string of the molecule is C.C.C.C.CCC(C)(C)C(=O)OCCC(F)(F)CC(C)(F)F.CCC1(OC(=O)C(C)(C)CC)CCCC1. The molecule has 4 nitrogen and oxygen atoms in total. The zero-order chi connectivity index (χ0) is 26.1.